The average molecular weight is 481 g/mol. The number of rotatable bonds is 6. The summed E-state index contributed by atoms with van der Waals surface area (Å²) in [6, 6.07) is 17.7. The molecule has 1 aliphatic rings. The van der Waals surface area contributed by atoms with Crippen molar-refractivity contribution >= 4 is 51.9 Å². The number of fused-ring (bicyclic) bond motifs is 1. The fourth-order valence-electron chi connectivity index (χ4n) is 2.92. The number of aliphatic carboxylic acids is 1. The Labute approximate surface area is 178 Å². The van der Waals surface area contributed by atoms with Crippen molar-refractivity contribution in [2.75, 3.05) is 5.75 Å². The number of hydrogen-bond donors (Lipinski definition) is 1. The molecule has 4 nitrogen and oxygen atoms in total. The van der Waals surface area contributed by atoms with Crippen LogP contribution in [0.15, 0.2) is 59.4 Å². The van der Waals surface area contributed by atoms with Gasteiger partial charge in [-0.3, -0.25) is 4.79 Å². The van der Waals surface area contributed by atoms with Crippen molar-refractivity contribution in [3.63, 3.8) is 0 Å². The van der Waals surface area contributed by atoms with Crippen molar-refractivity contribution in [3.05, 3.63) is 65.0 Å². The van der Waals surface area contributed by atoms with Gasteiger partial charge in [0.25, 0.3) is 0 Å². The van der Waals surface area contributed by atoms with Crippen molar-refractivity contribution in [1.82, 2.24) is 3.56 Å². The van der Waals surface area contributed by atoms with Crippen molar-refractivity contribution in [2.45, 2.75) is 37.4 Å². The van der Waals surface area contributed by atoms with Crippen LogP contribution in [0.4, 0.5) is 0 Å². The first-order chi connectivity index (χ1) is 13.6. The van der Waals surface area contributed by atoms with E-state index in [0.29, 0.717) is 6.42 Å². The molecule has 1 fully saturated rings. The molecular weight excluding hydrogens is 457 g/mol. The van der Waals surface area contributed by atoms with Gasteiger partial charge < -0.3 is 5.11 Å². The van der Waals surface area contributed by atoms with Crippen molar-refractivity contribution in [2.24, 2.45) is 0 Å². The standard InChI is InChI=1S/C13H9NOSe.C8H14O2S2/c15-13-11-8-4-5-9-12(11)16-14(13)10-6-2-1-3-7-10;9-8(10)4-2-1-3-7-5-6-11-12-7/h1-9H;7H,1-6H2,(H,9,10)/t;7-/m.1/s1. The summed E-state index contributed by atoms with van der Waals surface area (Å²) in [7, 11) is 3.92. The quantitative estimate of drug-likeness (QED) is 0.311. The molecule has 4 rings (SSSR count). The Balaban J connectivity index is 0.000000169. The van der Waals surface area contributed by atoms with E-state index >= 15 is 0 Å². The van der Waals surface area contributed by atoms with Crippen LogP contribution >= 0.6 is 21.6 Å². The third kappa shape index (κ3) is 6.05. The van der Waals surface area contributed by atoms with Gasteiger partial charge in [0.1, 0.15) is 0 Å². The Morgan fingerprint density at radius 1 is 1.11 bits per heavy atom. The Morgan fingerprint density at radius 2 is 1.86 bits per heavy atom. The number of carbonyl (C=O) groups is 1. The van der Waals surface area contributed by atoms with Crippen molar-refractivity contribution in [1.29, 1.82) is 0 Å². The number of aromatic nitrogens is 1. The second-order valence-electron chi connectivity index (χ2n) is 6.49. The number of para-hydroxylation sites is 1. The molecule has 0 radical (unpaired) electrons. The van der Waals surface area contributed by atoms with Crippen LogP contribution in [-0.2, 0) is 4.79 Å². The Hall–Kier alpha value is -1.40. The van der Waals surface area contributed by atoms with Crippen LogP contribution in [0.3, 0.4) is 0 Å². The number of benzene rings is 2. The first kappa shape index (κ1) is 21.3. The Kier molecular flexibility index (Phi) is 8.34. The fraction of sp³-hybridized carbons (Fsp3) is 0.333. The van der Waals surface area contributed by atoms with Crippen LogP contribution < -0.4 is 5.56 Å². The van der Waals surface area contributed by atoms with Crippen LogP contribution in [0.5, 0.6) is 0 Å². The summed E-state index contributed by atoms with van der Waals surface area (Å²) in [4.78, 5) is 22.3. The third-order valence-electron chi connectivity index (χ3n) is 4.38. The van der Waals surface area contributed by atoms with Crippen LogP contribution in [0.2, 0.25) is 0 Å². The van der Waals surface area contributed by atoms with Gasteiger partial charge in [0.05, 0.1) is 0 Å². The summed E-state index contributed by atoms with van der Waals surface area (Å²) >= 11 is 0.0784. The van der Waals surface area contributed by atoms with E-state index < -0.39 is 5.97 Å². The normalized spacial score (nSPS) is 15.9. The predicted octanol–water partition coefficient (Wildman–Crippen LogP) is 4.83. The minimum absolute atomic E-state index is 0.0784. The molecule has 0 spiro atoms. The molecule has 2 aromatic carbocycles. The van der Waals surface area contributed by atoms with Crippen LogP contribution in [-0.4, -0.2) is 40.4 Å². The molecule has 0 bridgehead atoms. The van der Waals surface area contributed by atoms with Gasteiger partial charge >= 0.3 is 105 Å². The number of carboxylic acid groups (broad SMARTS) is 1. The molecule has 3 aromatic rings. The number of carboxylic acids is 1. The predicted molar refractivity (Wildman–Crippen MR) is 121 cm³/mol. The zero-order valence-corrected chi connectivity index (χ0v) is 18.8. The van der Waals surface area contributed by atoms with Gasteiger partial charge in [-0.15, -0.1) is 0 Å². The first-order valence-corrected chi connectivity index (χ1v) is 13.3. The molecule has 7 heteroatoms. The van der Waals surface area contributed by atoms with E-state index in [0.717, 1.165) is 29.2 Å². The molecule has 2 heterocycles. The summed E-state index contributed by atoms with van der Waals surface area (Å²) in [5.41, 5.74) is 1.12. The van der Waals surface area contributed by atoms with Crippen LogP contribution in [0.1, 0.15) is 32.1 Å². The Morgan fingerprint density at radius 3 is 2.54 bits per heavy atom. The molecule has 1 saturated heterocycles. The fourth-order valence-corrected chi connectivity index (χ4v) is 8.04. The molecule has 1 atom stereocenters. The van der Waals surface area contributed by atoms with E-state index in [9.17, 15) is 9.59 Å². The van der Waals surface area contributed by atoms with Crippen molar-refractivity contribution in [3.8, 4) is 5.69 Å². The van der Waals surface area contributed by atoms with E-state index in [1.807, 2.05) is 79.7 Å². The summed E-state index contributed by atoms with van der Waals surface area (Å²) in [5, 5.41) is 10.0. The molecule has 0 aliphatic carbocycles. The van der Waals surface area contributed by atoms with Crippen molar-refractivity contribution < 1.29 is 9.90 Å². The van der Waals surface area contributed by atoms with E-state index in [1.54, 1.807) is 0 Å². The third-order valence-corrected chi connectivity index (χ3v) is 9.72. The first-order valence-electron chi connectivity index (χ1n) is 9.31. The SMILES string of the molecule is O=C(O)CCCC[C@@H]1CCSS1.O=c1c2ccccc2[se]n1-c1ccccc1. The summed E-state index contributed by atoms with van der Waals surface area (Å²) in [5.74, 6) is 0.609. The number of nitrogens with zero attached hydrogens (tertiary/aromatic N) is 1. The molecule has 1 N–H and O–H groups in total. The van der Waals surface area contributed by atoms with Gasteiger partial charge in [-0.2, -0.15) is 0 Å². The van der Waals surface area contributed by atoms with Crippen LogP contribution in [0.25, 0.3) is 15.3 Å². The summed E-state index contributed by atoms with van der Waals surface area (Å²) in [6.07, 6.45) is 4.76. The molecule has 28 heavy (non-hydrogen) atoms. The van der Waals surface area contributed by atoms with E-state index in [-0.39, 0.29) is 20.3 Å². The molecule has 0 saturated carbocycles. The van der Waals surface area contributed by atoms with Gasteiger partial charge in [0.2, 0.25) is 0 Å². The molecule has 1 aliphatic heterocycles. The van der Waals surface area contributed by atoms with Gasteiger partial charge in [0.15, 0.2) is 0 Å². The molecule has 148 valence electrons. The minimum atomic E-state index is -0.663. The monoisotopic (exact) mass is 481 g/mol. The number of hydrogen-bond acceptors (Lipinski definition) is 4. The molecular formula is C21H23NO3S2Se. The van der Waals surface area contributed by atoms with E-state index in [2.05, 4.69) is 0 Å². The molecule has 1 aromatic heterocycles. The second kappa shape index (κ2) is 11.0. The van der Waals surface area contributed by atoms with Gasteiger partial charge in [-0.25, -0.2) is 0 Å². The maximum atomic E-state index is 12.1. The second-order valence-corrected chi connectivity index (χ2v) is 11.4. The van der Waals surface area contributed by atoms with E-state index in [4.69, 9.17) is 5.11 Å². The summed E-state index contributed by atoms with van der Waals surface area (Å²) < 4.78 is 3.04. The maximum absolute atomic E-state index is 12.1. The van der Waals surface area contributed by atoms with Gasteiger partial charge in [-0.05, 0) is 19.3 Å². The van der Waals surface area contributed by atoms with E-state index in [1.165, 1.54) is 22.9 Å². The summed E-state index contributed by atoms with van der Waals surface area (Å²) in [6.45, 7) is 0. The average Bonchev–Trinajstić information content (AvgIpc) is 3.35. The van der Waals surface area contributed by atoms with Crippen LogP contribution in [0, 0.1) is 0 Å². The van der Waals surface area contributed by atoms with Gasteiger partial charge in [0, 0.05) is 17.4 Å². The molecule has 0 amide bonds. The molecule has 0 unspecified atom stereocenters. The zero-order chi connectivity index (χ0) is 19.8. The van der Waals surface area contributed by atoms with Gasteiger partial charge in [-0.1, -0.05) is 28.0 Å². The number of unbranched alkanes of at least 4 members (excludes halogenated alkanes) is 1. The zero-order valence-electron chi connectivity index (χ0n) is 15.5. The Bertz CT molecular complexity index is 949. The topological polar surface area (TPSA) is 59.3 Å².